The summed E-state index contributed by atoms with van der Waals surface area (Å²) in [4.78, 5) is 33.2. The van der Waals surface area contributed by atoms with Gasteiger partial charge in [0, 0.05) is 17.6 Å². The predicted octanol–water partition coefficient (Wildman–Crippen LogP) is 3.62. The first-order valence-electron chi connectivity index (χ1n) is 7.64. The lowest BCUT2D eigenvalue weighted by Crippen LogP contribution is -2.04. The summed E-state index contributed by atoms with van der Waals surface area (Å²) in [6, 6.07) is 10.2. The number of benzene rings is 2. The number of carbonyl (C=O) groups excluding carboxylic acids is 1. The molecule has 0 fully saturated rings. The number of nitro benzene ring substituents is 2. The molecule has 0 aliphatic carbocycles. The first-order valence-corrected chi connectivity index (χ1v) is 7.64. The molecule has 9 heteroatoms. The largest absolute Gasteiger partial charge is 0.462 e. The Kier molecular flexibility index (Phi) is 4.36. The van der Waals surface area contributed by atoms with Crippen molar-refractivity contribution in [1.82, 2.24) is 4.57 Å². The Morgan fingerprint density at radius 2 is 1.85 bits per heavy atom. The molecular weight excluding hydrogens is 342 g/mol. The number of rotatable bonds is 5. The van der Waals surface area contributed by atoms with Crippen LogP contribution in [0.5, 0.6) is 0 Å². The van der Waals surface area contributed by atoms with Gasteiger partial charge in [-0.1, -0.05) is 18.2 Å². The number of para-hydroxylation sites is 1. The number of nitrogens with zero attached hydrogens (tertiary/aromatic N) is 3. The highest BCUT2D eigenvalue weighted by Gasteiger charge is 2.24. The molecule has 1 heterocycles. The summed E-state index contributed by atoms with van der Waals surface area (Å²) < 4.78 is 6.50. The van der Waals surface area contributed by atoms with Crippen LogP contribution < -0.4 is 0 Å². The van der Waals surface area contributed by atoms with Gasteiger partial charge < -0.3 is 9.30 Å². The van der Waals surface area contributed by atoms with E-state index in [-0.39, 0.29) is 23.5 Å². The van der Waals surface area contributed by atoms with E-state index < -0.39 is 21.5 Å². The zero-order valence-corrected chi connectivity index (χ0v) is 13.6. The van der Waals surface area contributed by atoms with E-state index in [0.29, 0.717) is 10.9 Å². The second kappa shape index (κ2) is 6.63. The molecule has 3 rings (SSSR count). The molecule has 0 N–H and O–H groups in total. The van der Waals surface area contributed by atoms with Gasteiger partial charge in [-0.05, 0) is 19.1 Å². The standard InChI is InChI=1S/C17H13N3O6/c1-2-26-17(21)13-10-18(14-6-4-3-5-12(13)14)15-8-7-11(19(22)23)9-16(15)20(24)25/h3-10H,2H2,1H3. The van der Waals surface area contributed by atoms with Crippen molar-refractivity contribution in [2.24, 2.45) is 0 Å². The number of esters is 1. The van der Waals surface area contributed by atoms with Crippen molar-refractivity contribution in [2.75, 3.05) is 6.61 Å². The van der Waals surface area contributed by atoms with Crippen molar-refractivity contribution in [3.05, 3.63) is 74.5 Å². The average Bonchev–Trinajstić information content (AvgIpc) is 3.01. The van der Waals surface area contributed by atoms with Crippen LogP contribution in [0, 0.1) is 20.2 Å². The van der Waals surface area contributed by atoms with Crippen molar-refractivity contribution < 1.29 is 19.4 Å². The second-order valence-electron chi connectivity index (χ2n) is 5.34. The lowest BCUT2D eigenvalue weighted by atomic mass is 10.2. The molecule has 1 aromatic heterocycles. The SMILES string of the molecule is CCOC(=O)c1cn(-c2ccc([N+](=O)[O-])cc2[N+](=O)[O-])c2ccccc12. The maximum atomic E-state index is 12.2. The van der Waals surface area contributed by atoms with Gasteiger partial charge in [-0.25, -0.2) is 4.79 Å². The fourth-order valence-corrected chi connectivity index (χ4v) is 2.73. The van der Waals surface area contributed by atoms with Crippen molar-refractivity contribution in [3.63, 3.8) is 0 Å². The molecule has 0 radical (unpaired) electrons. The van der Waals surface area contributed by atoms with E-state index in [0.717, 1.165) is 6.07 Å². The number of fused-ring (bicyclic) bond motifs is 1. The molecule has 2 aromatic carbocycles. The van der Waals surface area contributed by atoms with Crippen LogP contribution in [-0.2, 0) is 4.74 Å². The molecule has 9 nitrogen and oxygen atoms in total. The third-order valence-corrected chi connectivity index (χ3v) is 3.83. The molecule has 0 aliphatic heterocycles. The summed E-state index contributed by atoms with van der Waals surface area (Å²) in [6.45, 7) is 1.87. The number of ether oxygens (including phenoxy) is 1. The van der Waals surface area contributed by atoms with Crippen molar-refractivity contribution in [1.29, 1.82) is 0 Å². The molecule has 0 spiro atoms. The first-order chi connectivity index (χ1) is 12.4. The van der Waals surface area contributed by atoms with Crippen LogP contribution in [0.1, 0.15) is 17.3 Å². The van der Waals surface area contributed by atoms with Gasteiger partial charge in [0.05, 0.1) is 33.6 Å². The van der Waals surface area contributed by atoms with Crippen molar-refractivity contribution in [2.45, 2.75) is 6.92 Å². The van der Waals surface area contributed by atoms with Gasteiger partial charge in [0.15, 0.2) is 0 Å². The minimum atomic E-state index is -0.700. The smallest absolute Gasteiger partial charge is 0.340 e. The zero-order valence-electron chi connectivity index (χ0n) is 13.6. The zero-order chi connectivity index (χ0) is 18.8. The lowest BCUT2D eigenvalue weighted by molar-refractivity contribution is -0.394. The second-order valence-corrected chi connectivity index (χ2v) is 5.34. The number of non-ortho nitro benzene ring substituents is 1. The number of carbonyl (C=O) groups is 1. The van der Waals surface area contributed by atoms with Crippen LogP contribution in [0.4, 0.5) is 11.4 Å². The quantitative estimate of drug-likeness (QED) is 0.392. The molecule has 0 bridgehead atoms. The monoisotopic (exact) mass is 355 g/mol. The van der Waals surface area contributed by atoms with E-state index in [9.17, 15) is 25.0 Å². The van der Waals surface area contributed by atoms with Gasteiger partial charge in [-0.2, -0.15) is 0 Å². The summed E-state index contributed by atoms with van der Waals surface area (Å²) >= 11 is 0. The molecule has 132 valence electrons. The van der Waals surface area contributed by atoms with E-state index in [1.807, 2.05) is 0 Å². The summed E-state index contributed by atoms with van der Waals surface area (Å²) in [5, 5.41) is 22.9. The Balaban J connectivity index is 2.28. The van der Waals surface area contributed by atoms with Gasteiger partial charge in [-0.3, -0.25) is 20.2 Å². The van der Waals surface area contributed by atoms with Gasteiger partial charge >= 0.3 is 5.97 Å². The fourth-order valence-electron chi connectivity index (χ4n) is 2.73. The minimum Gasteiger partial charge on any atom is -0.462 e. The van der Waals surface area contributed by atoms with Crippen LogP contribution in [0.3, 0.4) is 0 Å². The Hall–Kier alpha value is -3.75. The normalized spacial score (nSPS) is 10.7. The van der Waals surface area contributed by atoms with Crippen molar-refractivity contribution in [3.8, 4) is 5.69 Å². The van der Waals surface area contributed by atoms with E-state index >= 15 is 0 Å². The summed E-state index contributed by atoms with van der Waals surface area (Å²) in [5.41, 5.74) is 0.104. The van der Waals surface area contributed by atoms with Crippen LogP contribution in [0.15, 0.2) is 48.7 Å². The molecular formula is C17H13N3O6. The highest BCUT2D eigenvalue weighted by molar-refractivity contribution is 6.05. The van der Waals surface area contributed by atoms with E-state index in [2.05, 4.69) is 0 Å². The summed E-state index contributed by atoms with van der Waals surface area (Å²) in [5.74, 6) is -0.549. The maximum absolute atomic E-state index is 12.2. The average molecular weight is 355 g/mol. The number of hydrogen-bond acceptors (Lipinski definition) is 6. The van der Waals surface area contributed by atoms with E-state index in [1.165, 1.54) is 22.9 Å². The maximum Gasteiger partial charge on any atom is 0.340 e. The molecule has 0 saturated carbocycles. The van der Waals surface area contributed by atoms with Gasteiger partial charge in [0.2, 0.25) is 0 Å². The molecule has 0 unspecified atom stereocenters. The topological polar surface area (TPSA) is 118 Å². The van der Waals surface area contributed by atoms with Crippen LogP contribution in [0.2, 0.25) is 0 Å². The highest BCUT2D eigenvalue weighted by Crippen LogP contribution is 2.32. The predicted molar refractivity (Wildman–Crippen MR) is 92.5 cm³/mol. The Labute approximate surface area is 146 Å². The minimum absolute atomic E-state index is 0.118. The van der Waals surface area contributed by atoms with Gasteiger partial charge in [0.25, 0.3) is 11.4 Å². The Bertz CT molecular complexity index is 1040. The molecule has 0 saturated heterocycles. The number of aromatic nitrogens is 1. The van der Waals surface area contributed by atoms with Gasteiger partial charge in [-0.15, -0.1) is 0 Å². The molecule has 0 amide bonds. The molecule has 3 aromatic rings. The number of nitro groups is 2. The third-order valence-electron chi connectivity index (χ3n) is 3.83. The van der Waals surface area contributed by atoms with Crippen LogP contribution >= 0.6 is 0 Å². The van der Waals surface area contributed by atoms with Gasteiger partial charge in [0.1, 0.15) is 5.69 Å². The summed E-state index contributed by atoms with van der Waals surface area (Å²) in [7, 11) is 0. The molecule has 0 aliphatic rings. The molecule has 26 heavy (non-hydrogen) atoms. The third kappa shape index (κ3) is 2.86. The number of hydrogen-bond donors (Lipinski definition) is 0. The Morgan fingerprint density at radius 1 is 1.12 bits per heavy atom. The molecule has 0 atom stereocenters. The highest BCUT2D eigenvalue weighted by atomic mass is 16.6. The van der Waals surface area contributed by atoms with E-state index in [4.69, 9.17) is 4.74 Å². The van der Waals surface area contributed by atoms with Crippen LogP contribution in [-0.4, -0.2) is 27.0 Å². The van der Waals surface area contributed by atoms with E-state index in [1.54, 1.807) is 31.2 Å². The Morgan fingerprint density at radius 3 is 2.50 bits per heavy atom. The fraction of sp³-hybridized carbons (Fsp3) is 0.118. The lowest BCUT2D eigenvalue weighted by Gasteiger charge is -2.06. The first kappa shape index (κ1) is 17.1. The van der Waals surface area contributed by atoms with Crippen molar-refractivity contribution >= 4 is 28.2 Å². The van der Waals surface area contributed by atoms with Crippen LogP contribution in [0.25, 0.3) is 16.6 Å². The summed E-state index contributed by atoms with van der Waals surface area (Å²) in [6.07, 6.45) is 1.44.